The van der Waals surface area contributed by atoms with Crippen molar-refractivity contribution in [2.45, 2.75) is 12.5 Å². The molecule has 0 aliphatic carbocycles. The Kier molecular flexibility index (Phi) is 9.10. The standard InChI is InChI=1S/C14H16N4O2.ClH.H2S/c1-2-5-10(15)13(19)16-8-9-17-14-18-11-6-3-4-7-12(11)20-14;;/h1,3-4,6-7,10H,5,8-9,15H2,(H,16,19)(H,17,18);1H;1H2/t10-;;/m0../s1. The van der Waals surface area contributed by atoms with Crippen molar-refractivity contribution in [2.24, 2.45) is 5.73 Å². The topological polar surface area (TPSA) is 93.2 Å². The van der Waals surface area contributed by atoms with E-state index in [1.54, 1.807) is 0 Å². The van der Waals surface area contributed by atoms with Crippen molar-refractivity contribution in [1.82, 2.24) is 10.3 Å². The minimum absolute atomic E-state index is 0. The molecule has 2 aromatic rings. The van der Waals surface area contributed by atoms with Crippen molar-refractivity contribution < 1.29 is 9.21 Å². The zero-order valence-electron chi connectivity index (χ0n) is 11.8. The number of oxazole rings is 1. The molecule has 0 spiro atoms. The van der Waals surface area contributed by atoms with E-state index in [-0.39, 0.29) is 38.2 Å². The SMILES string of the molecule is C#CC[C@H](N)C(=O)NCCNc1nc2ccccc2o1.Cl.S. The summed E-state index contributed by atoms with van der Waals surface area (Å²) in [6.45, 7) is 0.900. The number of anilines is 1. The molecule has 4 N–H and O–H groups in total. The number of carbonyl (C=O) groups is 1. The largest absolute Gasteiger partial charge is 0.424 e. The van der Waals surface area contributed by atoms with E-state index in [0.717, 1.165) is 11.1 Å². The quantitative estimate of drug-likeness (QED) is 0.542. The smallest absolute Gasteiger partial charge is 0.295 e. The van der Waals surface area contributed by atoms with Crippen molar-refractivity contribution in [3.8, 4) is 12.3 Å². The van der Waals surface area contributed by atoms with E-state index < -0.39 is 6.04 Å². The molecule has 6 nitrogen and oxygen atoms in total. The molecule has 0 radical (unpaired) electrons. The number of para-hydroxylation sites is 2. The van der Waals surface area contributed by atoms with Crippen LogP contribution in [0.3, 0.4) is 0 Å². The normalized spacial score (nSPS) is 10.7. The fourth-order valence-corrected chi connectivity index (χ4v) is 1.65. The summed E-state index contributed by atoms with van der Waals surface area (Å²) >= 11 is 0. The molecule has 0 aliphatic rings. The fraction of sp³-hybridized carbons (Fsp3) is 0.286. The van der Waals surface area contributed by atoms with Gasteiger partial charge in [0.15, 0.2) is 5.58 Å². The van der Waals surface area contributed by atoms with Gasteiger partial charge in [-0.1, -0.05) is 12.1 Å². The number of aromatic nitrogens is 1. The second-order valence-corrected chi connectivity index (χ2v) is 4.22. The van der Waals surface area contributed by atoms with Crippen molar-refractivity contribution in [2.75, 3.05) is 18.4 Å². The second kappa shape index (κ2) is 9.95. The van der Waals surface area contributed by atoms with Gasteiger partial charge in [0.25, 0.3) is 6.01 Å². The predicted octanol–water partition coefficient (Wildman–Crippen LogP) is 1.24. The molecular formula is C14H19ClN4O2S. The molecule has 22 heavy (non-hydrogen) atoms. The number of amides is 1. The lowest BCUT2D eigenvalue weighted by Crippen LogP contribution is -2.41. The summed E-state index contributed by atoms with van der Waals surface area (Å²) in [7, 11) is 0. The molecule has 0 aliphatic heterocycles. The number of hydrogen-bond acceptors (Lipinski definition) is 5. The van der Waals surface area contributed by atoms with Crippen molar-refractivity contribution in [3.05, 3.63) is 24.3 Å². The lowest BCUT2D eigenvalue weighted by molar-refractivity contribution is -0.122. The van der Waals surface area contributed by atoms with Crippen LogP contribution in [0.4, 0.5) is 6.01 Å². The Morgan fingerprint density at radius 2 is 2.14 bits per heavy atom. The van der Waals surface area contributed by atoms with Gasteiger partial charge in [0.05, 0.1) is 6.04 Å². The van der Waals surface area contributed by atoms with Gasteiger partial charge in [-0.25, -0.2) is 0 Å². The minimum Gasteiger partial charge on any atom is -0.424 e. The number of rotatable bonds is 6. The van der Waals surface area contributed by atoms with Gasteiger partial charge in [-0.15, -0.1) is 24.8 Å². The Labute approximate surface area is 142 Å². The lowest BCUT2D eigenvalue weighted by atomic mass is 10.2. The molecule has 1 aromatic heterocycles. The average Bonchev–Trinajstić information content (AvgIpc) is 2.86. The molecule has 120 valence electrons. The molecule has 0 fully saturated rings. The maximum Gasteiger partial charge on any atom is 0.295 e. The number of terminal acetylenes is 1. The molecule has 8 heteroatoms. The van der Waals surface area contributed by atoms with Gasteiger partial charge in [-0.05, 0) is 12.1 Å². The summed E-state index contributed by atoms with van der Waals surface area (Å²) < 4.78 is 5.47. The van der Waals surface area contributed by atoms with E-state index in [1.807, 2.05) is 24.3 Å². The van der Waals surface area contributed by atoms with E-state index >= 15 is 0 Å². The van der Waals surface area contributed by atoms with Crippen LogP contribution in [0, 0.1) is 12.3 Å². The van der Waals surface area contributed by atoms with E-state index in [4.69, 9.17) is 16.6 Å². The van der Waals surface area contributed by atoms with Crippen LogP contribution in [0.1, 0.15) is 6.42 Å². The van der Waals surface area contributed by atoms with Gasteiger partial charge >= 0.3 is 0 Å². The predicted molar refractivity (Wildman–Crippen MR) is 94.6 cm³/mol. The number of halogens is 1. The number of nitrogens with two attached hydrogens (primary N) is 1. The summed E-state index contributed by atoms with van der Waals surface area (Å²) in [5, 5.41) is 5.67. The highest BCUT2D eigenvalue weighted by atomic mass is 35.5. The summed E-state index contributed by atoms with van der Waals surface area (Å²) in [4.78, 5) is 15.7. The second-order valence-electron chi connectivity index (χ2n) is 4.22. The third-order valence-electron chi connectivity index (χ3n) is 2.67. The van der Waals surface area contributed by atoms with Gasteiger partial charge in [0, 0.05) is 19.5 Å². The number of fused-ring (bicyclic) bond motifs is 1. The van der Waals surface area contributed by atoms with Crippen LogP contribution < -0.4 is 16.4 Å². The lowest BCUT2D eigenvalue weighted by Gasteiger charge is -2.09. The Balaban J connectivity index is 0.00000220. The van der Waals surface area contributed by atoms with Crippen LogP contribution in [-0.4, -0.2) is 30.0 Å². The van der Waals surface area contributed by atoms with Crippen molar-refractivity contribution in [1.29, 1.82) is 0 Å². The molecule has 1 atom stereocenters. The average molecular weight is 343 g/mol. The number of nitrogens with one attached hydrogen (secondary N) is 2. The number of benzene rings is 1. The highest BCUT2D eigenvalue weighted by molar-refractivity contribution is 7.59. The van der Waals surface area contributed by atoms with Gasteiger partial charge in [0.1, 0.15) is 5.52 Å². The van der Waals surface area contributed by atoms with Crippen molar-refractivity contribution in [3.63, 3.8) is 0 Å². The van der Waals surface area contributed by atoms with E-state index in [9.17, 15) is 4.79 Å². The van der Waals surface area contributed by atoms with E-state index in [0.29, 0.717) is 19.1 Å². The zero-order valence-corrected chi connectivity index (χ0v) is 13.7. The summed E-state index contributed by atoms with van der Waals surface area (Å²) in [5.74, 6) is 2.09. The van der Waals surface area contributed by atoms with Crippen LogP contribution in [0.15, 0.2) is 28.7 Å². The first-order chi connectivity index (χ1) is 9.70. The Hall–Kier alpha value is -1.88. The number of hydrogen-bond donors (Lipinski definition) is 3. The minimum atomic E-state index is -0.663. The highest BCUT2D eigenvalue weighted by Gasteiger charge is 2.10. The molecular weight excluding hydrogens is 324 g/mol. The maximum atomic E-state index is 11.5. The maximum absolute atomic E-state index is 11.5. The third-order valence-corrected chi connectivity index (χ3v) is 2.67. The third kappa shape index (κ3) is 5.48. The van der Waals surface area contributed by atoms with Crippen molar-refractivity contribution >= 4 is 48.9 Å². The fourth-order valence-electron chi connectivity index (χ4n) is 1.65. The Bertz CT molecular complexity index is 608. The van der Waals surface area contributed by atoms with Crippen LogP contribution >= 0.6 is 25.9 Å². The Morgan fingerprint density at radius 3 is 2.82 bits per heavy atom. The van der Waals surface area contributed by atoms with Gasteiger partial charge in [-0.3, -0.25) is 4.79 Å². The molecule has 0 saturated carbocycles. The monoisotopic (exact) mass is 342 g/mol. The number of nitrogens with zero attached hydrogens (tertiary/aromatic N) is 1. The molecule has 1 amide bonds. The van der Waals surface area contributed by atoms with E-state index in [1.165, 1.54) is 0 Å². The van der Waals surface area contributed by atoms with Crippen LogP contribution in [0.25, 0.3) is 11.1 Å². The first-order valence-electron chi connectivity index (χ1n) is 6.27. The van der Waals surface area contributed by atoms with E-state index in [2.05, 4.69) is 21.5 Å². The highest BCUT2D eigenvalue weighted by Crippen LogP contribution is 2.17. The molecule has 1 aromatic carbocycles. The summed E-state index contributed by atoms with van der Waals surface area (Å²) in [5.41, 5.74) is 7.07. The van der Waals surface area contributed by atoms with Gasteiger partial charge in [0.2, 0.25) is 5.91 Å². The Morgan fingerprint density at radius 1 is 1.41 bits per heavy atom. The van der Waals surface area contributed by atoms with Crippen LogP contribution in [-0.2, 0) is 4.79 Å². The first-order valence-corrected chi connectivity index (χ1v) is 6.27. The molecule has 2 rings (SSSR count). The molecule has 0 unspecified atom stereocenters. The van der Waals surface area contributed by atoms with Crippen LogP contribution in [0.2, 0.25) is 0 Å². The molecule has 0 bridgehead atoms. The summed E-state index contributed by atoms with van der Waals surface area (Å²) in [6.07, 6.45) is 5.32. The zero-order chi connectivity index (χ0) is 14.4. The molecule has 1 heterocycles. The summed E-state index contributed by atoms with van der Waals surface area (Å²) in [6, 6.07) is 7.24. The number of carbonyl (C=O) groups excluding carboxylic acids is 1. The van der Waals surface area contributed by atoms with Crippen LogP contribution in [0.5, 0.6) is 0 Å². The van der Waals surface area contributed by atoms with Gasteiger partial charge in [-0.2, -0.15) is 18.5 Å². The first kappa shape index (κ1) is 20.1. The van der Waals surface area contributed by atoms with Gasteiger partial charge < -0.3 is 20.8 Å². The molecule has 0 saturated heterocycles.